The first-order chi connectivity index (χ1) is 18.3. The molecule has 0 saturated heterocycles. The Morgan fingerprint density at radius 2 is 0.973 bits per heavy atom. The van der Waals surface area contributed by atoms with Gasteiger partial charge < -0.3 is 18.0 Å². The molecule has 0 aliphatic heterocycles. The largest absolute Gasteiger partial charge is 0.507 e. The molecule has 0 saturated carbocycles. The lowest BCUT2D eigenvalue weighted by molar-refractivity contribution is 0.476. The van der Waals surface area contributed by atoms with Crippen molar-refractivity contribution in [2.24, 2.45) is 0 Å². The number of aromatic hydroxyl groups is 1. The van der Waals surface area contributed by atoms with Gasteiger partial charge >= 0.3 is 8.24 Å². The number of fused-ring (bicyclic) bond motifs is 5. The van der Waals surface area contributed by atoms with Gasteiger partial charge in [0, 0.05) is 21.9 Å². The van der Waals surface area contributed by atoms with E-state index in [0.29, 0.717) is 16.9 Å². The predicted octanol–water partition coefficient (Wildman–Crippen LogP) is 9.81. The summed E-state index contributed by atoms with van der Waals surface area (Å²) in [6.07, 6.45) is 0. The molecule has 4 nitrogen and oxygen atoms in total. The van der Waals surface area contributed by atoms with Crippen LogP contribution in [0.4, 0.5) is 0 Å². The Bertz CT molecular complexity index is 1930. The van der Waals surface area contributed by atoms with Gasteiger partial charge in [-0.25, -0.2) is 0 Å². The van der Waals surface area contributed by atoms with Crippen molar-refractivity contribution in [2.75, 3.05) is 0 Å². The Morgan fingerprint density at radius 3 is 1.59 bits per heavy atom. The lowest BCUT2D eigenvalue weighted by Gasteiger charge is -2.16. The van der Waals surface area contributed by atoms with E-state index < -0.39 is 8.24 Å². The lowest BCUT2D eigenvalue weighted by atomic mass is 9.92. The highest BCUT2D eigenvalue weighted by Crippen LogP contribution is 2.48. The standard InChI is InChI=1S/C32H21O4P/c33-27-19-17-21-9-1-3-11-23(21)31(27)32-24-12-4-2-10-22(24)18-20-30(32)36-37-34-28-15-7-5-13-25(28)26-14-6-8-16-29(26)35-37/h1-20,33H. The fraction of sp³-hybridized carbons (Fsp3) is 0. The van der Waals surface area contributed by atoms with Crippen molar-refractivity contribution in [3.8, 4) is 22.6 Å². The summed E-state index contributed by atoms with van der Waals surface area (Å²) in [7, 11) is -1.84. The second-order valence-electron chi connectivity index (χ2n) is 8.83. The maximum absolute atomic E-state index is 11.1. The Labute approximate surface area is 213 Å². The molecule has 0 spiro atoms. The first-order valence-corrected chi connectivity index (χ1v) is 13.1. The van der Waals surface area contributed by atoms with E-state index in [4.69, 9.17) is 12.9 Å². The molecule has 0 amide bonds. The molecule has 1 aromatic heterocycles. The van der Waals surface area contributed by atoms with Crippen LogP contribution in [0, 0.1) is 0 Å². The van der Waals surface area contributed by atoms with E-state index in [0.717, 1.165) is 43.4 Å². The van der Waals surface area contributed by atoms with Crippen molar-refractivity contribution >= 4 is 51.7 Å². The molecule has 0 radical (unpaired) electrons. The third kappa shape index (κ3) is 3.70. The van der Waals surface area contributed by atoms with Crippen LogP contribution in [0.25, 0.3) is 54.6 Å². The van der Waals surface area contributed by atoms with Gasteiger partial charge in [0.2, 0.25) is 0 Å². The molecule has 0 bridgehead atoms. The lowest BCUT2D eigenvalue weighted by Crippen LogP contribution is -1.90. The molecule has 5 heteroatoms. The summed E-state index contributed by atoms with van der Waals surface area (Å²) in [5.74, 6) is 0.763. The molecule has 0 aliphatic carbocycles. The Hall–Kier alpha value is -4.66. The van der Waals surface area contributed by atoms with Crippen molar-refractivity contribution in [3.63, 3.8) is 0 Å². The minimum atomic E-state index is -1.84. The number of hydrogen-bond donors (Lipinski definition) is 1. The molecule has 0 unspecified atom stereocenters. The smallest absolute Gasteiger partial charge is 0.453 e. The van der Waals surface area contributed by atoms with E-state index in [-0.39, 0.29) is 5.75 Å². The number of benzene rings is 6. The second-order valence-corrected chi connectivity index (χ2v) is 9.83. The van der Waals surface area contributed by atoms with E-state index in [1.807, 2.05) is 109 Å². The van der Waals surface area contributed by atoms with Crippen LogP contribution in [0.1, 0.15) is 0 Å². The summed E-state index contributed by atoms with van der Waals surface area (Å²) in [4.78, 5) is 0. The molecular formula is C32H21O4P. The summed E-state index contributed by atoms with van der Waals surface area (Å²) >= 11 is 0. The van der Waals surface area contributed by atoms with Crippen LogP contribution in [-0.2, 0) is 0 Å². The quantitative estimate of drug-likeness (QED) is 0.262. The van der Waals surface area contributed by atoms with Crippen molar-refractivity contribution in [2.45, 2.75) is 0 Å². The number of hydrogen-bond acceptors (Lipinski definition) is 4. The Morgan fingerprint density at radius 1 is 0.486 bits per heavy atom. The normalized spacial score (nSPS) is 11.4. The van der Waals surface area contributed by atoms with Crippen molar-refractivity contribution in [1.82, 2.24) is 0 Å². The molecule has 37 heavy (non-hydrogen) atoms. The molecule has 7 rings (SSSR count). The summed E-state index contributed by atoms with van der Waals surface area (Å²) in [6, 6.07) is 39.5. The third-order valence-corrected chi connectivity index (χ3v) is 7.67. The Kier molecular flexibility index (Phi) is 5.12. The first-order valence-electron chi connectivity index (χ1n) is 12.0. The third-order valence-electron chi connectivity index (χ3n) is 6.63. The molecule has 6 aromatic carbocycles. The molecule has 0 fully saturated rings. The van der Waals surface area contributed by atoms with Gasteiger partial charge in [0.05, 0.1) is 0 Å². The minimum absolute atomic E-state index is 0.186. The highest BCUT2D eigenvalue weighted by atomic mass is 31.1. The number of para-hydroxylation sites is 2. The number of phenols is 1. The topological polar surface area (TPSA) is 55.7 Å². The van der Waals surface area contributed by atoms with Gasteiger partial charge in [-0.3, -0.25) is 0 Å². The fourth-order valence-electron chi connectivity index (χ4n) is 4.94. The first kappa shape index (κ1) is 21.6. The van der Waals surface area contributed by atoms with Crippen molar-refractivity contribution in [1.29, 1.82) is 0 Å². The van der Waals surface area contributed by atoms with Crippen LogP contribution < -0.4 is 4.52 Å². The van der Waals surface area contributed by atoms with Gasteiger partial charge in [-0.1, -0.05) is 97.1 Å². The predicted molar refractivity (Wildman–Crippen MR) is 151 cm³/mol. The monoisotopic (exact) mass is 500 g/mol. The highest BCUT2D eigenvalue weighted by molar-refractivity contribution is 7.32. The van der Waals surface area contributed by atoms with Gasteiger partial charge in [0.25, 0.3) is 0 Å². The van der Waals surface area contributed by atoms with Crippen LogP contribution in [0.2, 0.25) is 0 Å². The van der Waals surface area contributed by atoms with Crippen molar-refractivity contribution in [3.05, 3.63) is 121 Å². The average molecular weight is 500 g/mol. The average Bonchev–Trinajstić information content (AvgIpc) is 3.10. The second kappa shape index (κ2) is 8.77. The SMILES string of the molecule is Oc1ccc2ccccc2c1-c1c(Op2oc3ccccc3c3ccccc3o2)ccc2ccccc12. The van der Waals surface area contributed by atoms with Crippen LogP contribution >= 0.6 is 8.24 Å². The zero-order valence-corrected chi connectivity index (χ0v) is 20.6. The molecule has 1 heterocycles. The van der Waals surface area contributed by atoms with Crippen LogP contribution in [-0.4, -0.2) is 5.11 Å². The summed E-state index contributed by atoms with van der Waals surface area (Å²) in [5.41, 5.74) is 2.92. The van der Waals surface area contributed by atoms with E-state index in [1.54, 1.807) is 6.07 Å². The van der Waals surface area contributed by atoms with Gasteiger partial charge in [-0.2, -0.15) is 0 Å². The molecule has 0 atom stereocenters. The van der Waals surface area contributed by atoms with E-state index in [9.17, 15) is 5.11 Å². The minimum Gasteiger partial charge on any atom is -0.507 e. The van der Waals surface area contributed by atoms with Gasteiger partial charge in [-0.15, -0.1) is 0 Å². The van der Waals surface area contributed by atoms with E-state index in [2.05, 4.69) is 6.07 Å². The highest BCUT2D eigenvalue weighted by Gasteiger charge is 2.20. The summed E-state index contributed by atoms with van der Waals surface area (Å²) < 4.78 is 19.2. The number of rotatable bonds is 3. The summed E-state index contributed by atoms with van der Waals surface area (Å²) in [6.45, 7) is 0. The molecule has 7 aromatic rings. The molecular weight excluding hydrogens is 479 g/mol. The van der Waals surface area contributed by atoms with Crippen LogP contribution in [0.3, 0.4) is 0 Å². The maximum Gasteiger partial charge on any atom is 0.453 e. The zero-order chi connectivity index (χ0) is 24.8. The van der Waals surface area contributed by atoms with Crippen LogP contribution in [0.5, 0.6) is 11.5 Å². The Balaban J connectivity index is 1.53. The summed E-state index contributed by atoms with van der Waals surface area (Å²) in [5, 5.41) is 17.0. The number of phenolic OH excluding ortho intramolecular Hbond substituents is 1. The van der Waals surface area contributed by atoms with Gasteiger partial charge in [0.1, 0.15) is 22.7 Å². The van der Waals surface area contributed by atoms with E-state index >= 15 is 0 Å². The molecule has 1 N–H and O–H groups in total. The maximum atomic E-state index is 11.1. The van der Waals surface area contributed by atoms with Crippen LogP contribution in [0.15, 0.2) is 130 Å². The van der Waals surface area contributed by atoms with Gasteiger partial charge in [-0.05, 0) is 45.8 Å². The van der Waals surface area contributed by atoms with E-state index in [1.165, 1.54) is 0 Å². The van der Waals surface area contributed by atoms with Gasteiger partial charge in [0.15, 0.2) is 0 Å². The zero-order valence-electron chi connectivity index (χ0n) is 19.7. The molecule has 0 aliphatic rings. The fourth-order valence-corrected chi connectivity index (χ4v) is 6.01. The molecule has 178 valence electrons. The van der Waals surface area contributed by atoms with Crippen molar-refractivity contribution < 1.29 is 18.0 Å².